The number of aromatic nitrogens is 5. The molecule has 0 saturated carbocycles. The van der Waals surface area contributed by atoms with Gasteiger partial charge in [-0.05, 0) is 26.3 Å². The van der Waals surface area contributed by atoms with Crippen molar-refractivity contribution in [3.8, 4) is 11.4 Å². The number of fused-ring (bicyclic) bond motifs is 1. The minimum atomic E-state index is -0.0808. The van der Waals surface area contributed by atoms with Crippen LogP contribution in [0, 0.1) is 20.8 Å². The number of aromatic amines is 2. The first-order valence-corrected chi connectivity index (χ1v) is 9.92. The van der Waals surface area contributed by atoms with Crippen LogP contribution in [0.1, 0.15) is 21.8 Å². The van der Waals surface area contributed by atoms with Crippen LogP contribution in [-0.4, -0.2) is 25.1 Å². The SMILES string of the molecule is Cc1ccc(-c2nc(SCc3nc4sc(C)c(C)c4c(=O)[nH]3)n[nH]2)cc1. The van der Waals surface area contributed by atoms with Crippen LogP contribution >= 0.6 is 23.1 Å². The molecule has 3 heterocycles. The molecule has 26 heavy (non-hydrogen) atoms. The van der Waals surface area contributed by atoms with Crippen LogP contribution in [0.2, 0.25) is 0 Å². The van der Waals surface area contributed by atoms with E-state index in [1.54, 1.807) is 11.3 Å². The fraction of sp³-hybridized carbons (Fsp3) is 0.222. The molecule has 0 unspecified atom stereocenters. The Hall–Kier alpha value is -2.45. The van der Waals surface area contributed by atoms with Crippen LogP contribution in [0.3, 0.4) is 0 Å². The molecule has 3 aromatic heterocycles. The number of hydrogen-bond donors (Lipinski definition) is 2. The van der Waals surface area contributed by atoms with Crippen LogP contribution in [0.4, 0.5) is 0 Å². The topological polar surface area (TPSA) is 87.3 Å². The van der Waals surface area contributed by atoms with Crippen LogP contribution in [0.5, 0.6) is 0 Å². The molecule has 6 nitrogen and oxygen atoms in total. The first-order valence-electron chi connectivity index (χ1n) is 8.12. The van der Waals surface area contributed by atoms with Gasteiger partial charge in [0, 0.05) is 10.4 Å². The molecular weight excluding hydrogens is 366 g/mol. The lowest BCUT2D eigenvalue weighted by Gasteiger charge is -1.99. The van der Waals surface area contributed by atoms with Crippen molar-refractivity contribution in [2.45, 2.75) is 31.7 Å². The molecule has 0 atom stereocenters. The Morgan fingerprint density at radius 3 is 2.65 bits per heavy atom. The molecule has 132 valence electrons. The summed E-state index contributed by atoms with van der Waals surface area (Å²) in [5.41, 5.74) is 3.12. The van der Waals surface area contributed by atoms with Crippen LogP contribution in [0.25, 0.3) is 21.6 Å². The van der Waals surface area contributed by atoms with Gasteiger partial charge in [-0.25, -0.2) is 9.97 Å². The second kappa shape index (κ2) is 6.69. The highest BCUT2D eigenvalue weighted by molar-refractivity contribution is 7.98. The third kappa shape index (κ3) is 3.17. The quantitative estimate of drug-likeness (QED) is 0.520. The van der Waals surface area contributed by atoms with Crippen molar-refractivity contribution in [3.63, 3.8) is 0 Å². The maximum absolute atomic E-state index is 12.3. The molecule has 0 fully saturated rings. The summed E-state index contributed by atoms with van der Waals surface area (Å²) in [5, 5.41) is 8.52. The Bertz CT molecular complexity index is 1140. The van der Waals surface area contributed by atoms with E-state index in [-0.39, 0.29) is 5.56 Å². The van der Waals surface area contributed by atoms with Gasteiger partial charge < -0.3 is 4.98 Å². The first kappa shape index (κ1) is 17.0. The Morgan fingerprint density at radius 1 is 1.12 bits per heavy atom. The average Bonchev–Trinajstić information content (AvgIpc) is 3.19. The molecule has 0 aliphatic carbocycles. The zero-order valence-electron chi connectivity index (χ0n) is 14.6. The van der Waals surface area contributed by atoms with Gasteiger partial charge in [-0.15, -0.1) is 16.4 Å². The number of rotatable bonds is 4. The second-order valence-corrected chi connectivity index (χ2v) is 8.24. The number of nitrogens with one attached hydrogen (secondary N) is 2. The largest absolute Gasteiger partial charge is 0.309 e. The van der Waals surface area contributed by atoms with Gasteiger partial charge in [0.15, 0.2) is 5.82 Å². The lowest BCUT2D eigenvalue weighted by molar-refractivity contribution is 0.966. The van der Waals surface area contributed by atoms with Gasteiger partial charge >= 0.3 is 0 Å². The Labute approximate surface area is 158 Å². The summed E-state index contributed by atoms with van der Waals surface area (Å²) in [6, 6.07) is 8.11. The van der Waals surface area contributed by atoms with E-state index in [0.29, 0.717) is 22.1 Å². The molecule has 0 amide bonds. The number of hydrogen-bond acceptors (Lipinski definition) is 6. The predicted molar refractivity (Wildman–Crippen MR) is 106 cm³/mol. The summed E-state index contributed by atoms with van der Waals surface area (Å²) in [6.45, 7) is 6.02. The Kier molecular flexibility index (Phi) is 4.37. The number of thiophene rings is 1. The lowest BCUT2D eigenvalue weighted by atomic mass is 10.1. The molecule has 0 spiro atoms. The third-order valence-corrected chi connectivity index (χ3v) is 6.18. The molecular formula is C18H17N5OS2. The van der Waals surface area contributed by atoms with E-state index in [1.807, 2.05) is 45.0 Å². The standard InChI is InChI=1S/C18H17N5OS2/c1-9-4-6-12(7-5-9)15-21-18(23-22-15)25-8-13-19-16(24)14-10(2)11(3)26-17(14)20-13/h4-7H,8H2,1-3H3,(H,19,20,24)(H,21,22,23). The van der Waals surface area contributed by atoms with Crippen molar-refractivity contribution in [3.05, 3.63) is 56.4 Å². The Morgan fingerprint density at radius 2 is 1.88 bits per heavy atom. The monoisotopic (exact) mass is 383 g/mol. The van der Waals surface area contributed by atoms with Gasteiger partial charge in [-0.3, -0.25) is 9.89 Å². The molecule has 1 aromatic carbocycles. The lowest BCUT2D eigenvalue weighted by Crippen LogP contribution is -2.10. The van der Waals surface area contributed by atoms with E-state index in [1.165, 1.54) is 17.3 Å². The van der Waals surface area contributed by atoms with E-state index < -0.39 is 0 Å². The number of aryl methyl sites for hydroxylation is 3. The van der Waals surface area contributed by atoms with E-state index >= 15 is 0 Å². The molecule has 4 aromatic rings. The van der Waals surface area contributed by atoms with Gasteiger partial charge in [0.2, 0.25) is 5.16 Å². The van der Waals surface area contributed by atoms with Crippen LogP contribution in [-0.2, 0) is 5.75 Å². The molecule has 2 N–H and O–H groups in total. The predicted octanol–water partition coefficient (Wildman–Crippen LogP) is 3.99. The molecule has 8 heteroatoms. The summed E-state index contributed by atoms with van der Waals surface area (Å²) in [7, 11) is 0. The minimum Gasteiger partial charge on any atom is -0.309 e. The minimum absolute atomic E-state index is 0.0808. The van der Waals surface area contributed by atoms with Crippen molar-refractivity contribution in [1.29, 1.82) is 0 Å². The summed E-state index contributed by atoms with van der Waals surface area (Å²) < 4.78 is 0. The molecule has 0 aliphatic heterocycles. The number of nitrogens with zero attached hydrogens (tertiary/aromatic N) is 3. The van der Waals surface area contributed by atoms with Gasteiger partial charge in [0.05, 0.1) is 11.1 Å². The van der Waals surface area contributed by atoms with Crippen molar-refractivity contribution >= 4 is 33.3 Å². The summed E-state index contributed by atoms with van der Waals surface area (Å²) in [4.78, 5) is 26.2. The highest BCUT2D eigenvalue weighted by Crippen LogP contribution is 2.27. The van der Waals surface area contributed by atoms with Crippen molar-refractivity contribution in [2.24, 2.45) is 0 Å². The highest BCUT2D eigenvalue weighted by atomic mass is 32.2. The highest BCUT2D eigenvalue weighted by Gasteiger charge is 2.13. The maximum atomic E-state index is 12.3. The van der Waals surface area contributed by atoms with Crippen molar-refractivity contribution < 1.29 is 0 Å². The zero-order chi connectivity index (χ0) is 18.3. The summed E-state index contributed by atoms with van der Waals surface area (Å²) in [6.07, 6.45) is 0. The fourth-order valence-corrected chi connectivity index (χ4v) is 4.37. The number of thioether (sulfide) groups is 1. The van der Waals surface area contributed by atoms with Crippen LogP contribution < -0.4 is 5.56 Å². The van der Waals surface area contributed by atoms with E-state index in [0.717, 1.165) is 26.7 Å². The zero-order valence-corrected chi connectivity index (χ0v) is 16.2. The average molecular weight is 384 g/mol. The Balaban J connectivity index is 1.53. The maximum Gasteiger partial charge on any atom is 0.259 e. The molecule has 0 bridgehead atoms. The molecule has 4 rings (SSSR count). The van der Waals surface area contributed by atoms with Crippen molar-refractivity contribution in [2.75, 3.05) is 0 Å². The third-order valence-electron chi connectivity index (χ3n) is 4.22. The van der Waals surface area contributed by atoms with Gasteiger partial charge in [-0.2, -0.15) is 0 Å². The summed E-state index contributed by atoms with van der Waals surface area (Å²) in [5.74, 6) is 1.87. The smallest absolute Gasteiger partial charge is 0.259 e. The van der Waals surface area contributed by atoms with Crippen molar-refractivity contribution in [1.82, 2.24) is 25.1 Å². The van der Waals surface area contributed by atoms with Gasteiger partial charge in [0.25, 0.3) is 5.56 Å². The second-order valence-electron chi connectivity index (χ2n) is 6.10. The fourth-order valence-electron chi connectivity index (χ4n) is 2.65. The molecule has 0 aliphatic rings. The van der Waals surface area contributed by atoms with Gasteiger partial charge in [-0.1, -0.05) is 41.6 Å². The number of H-pyrrole nitrogens is 2. The van der Waals surface area contributed by atoms with E-state index in [2.05, 4.69) is 25.1 Å². The van der Waals surface area contributed by atoms with Crippen LogP contribution in [0.15, 0.2) is 34.2 Å². The normalized spacial score (nSPS) is 11.3. The van der Waals surface area contributed by atoms with E-state index in [9.17, 15) is 4.79 Å². The molecule has 0 radical (unpaired) electrons. The first-order chi connectivity index (χ1) is 12.5. The van der Waals surface area contributed by atoms with E-state index in [4.69, 9.17) is 0 Å². The molecule has 0 saturated heterocycles. The summed E-state index contributed by atoms with van der Waals surface area (Å²) >= 11 is 2.99. The van der Waals surface area contributed by atoms with Gasteiger partial charge in [0.1, 0.15) is 10.7 Å². The number of benzene rings is 1.